The quantitative estimate of drug-likeness (QED) is 0.733. The highest BCUT2D eigenvalue weighted by Crippen LogP contribution is 2.26. The maximum absolute atomic E-state index is 5.43. The van der Waals surface area contributed by atoms with Gasteiger partial charge in [-0.2, -0.15) is 0 Å². The summed E-state index contributed by atoms with van der Waals surface area (Å²) in [5.41, 5.74) is 2.34. The molecule has 4 heteroatoms. The minimum atomic E-state index is 0.240. The van der Waals surface area contributed by atoms with Crippen LogP contribution in [0.1, 0.15) is 17.3 Å². The SMILES string of the molecule is c1c(C2COCCN2)ncc2c1CCO2. The highest BCUT2D eigenvalue weighted by molar-refractivity contribution is 5.36. The molecule has 1 aromatic heterocycles. The molecule has 4 nitrogen and oxygen atoms in total. The van der Waals surface area contributed by atoms with Gasteiger partial charge in [-0.15, -0.1) is 0 Å². The second kappa shape index (κ2) is 3.79. The first-order valence-corrected chi connectivity index (χ1v) is 5.36. The summed E-state index contributed by atoms with van der Waals surface area (Å²) in [6.07, 6.45) is 2.83. The summed E-state index contributed by atoms with van der Waals surface area (Å²) >= 11 is 0. The fourth-order valence-electron chi connectivity index (χ4n) is 2.05. The Morgan fingerprint density at radius 3 is 3.27 bits per heavy atom. The third-order valence-electron chi connectivity index (χ3n) is 2.88. The van der Waals surface area contributed by atoms with Crippen molar-refractivity contribution in [3.63, 3.8) is 0 Å². The van der Waals surface area contributed by atoms with Gasteiger partial charge in [-0.05, 0) is 6.07 Å². The number of hydrogen-bond donors (Lipinski definition) is 1. The Bertz CT molecular complexity index is 362. The molecule has 3 heterocycles. The maximum Gasteiger partial charge on any atom is 0.140 e. The molecule has 3 rings (SSSR count). The van der Waals surface area contributed by atoms with Crippen LogP contribution in [0.2, 0.25) is 0 Å². The molecule has 1 saturated heterocycles. The van der Waals surface area contributed by atoms with Crippen LogP contribution >= 0.6 is 0 Å². The lowest BCUT2D eigenvalue weighted by molar-refractivity contribution is 0.0756. The molecule has 2 aliphatic rings. The van der Waals surface area contributed by atoms with Crippen molar-refractivity contribution in [3.8, 4) is 5.75 Å². The second-order valence-corrected chi connectivity index (χ2v) is 3.90. The Labute approximate surface area is 88.6 Å². The number of nitrogens with zero attached hydrogens (tertiary/aromatic N) is 1. The smallest absolute Gasteiger partial charge is 0.140 e. The number of ether oxygens (including phenoxy) is 2. The molecule has 1 unspecified atom stereocenters. The Balaban J connectivity index is 1.85. The molecule has 0 bridgehead atoms. The van der Waals surface area contributed by atoms with E-state index in [9.17, 15) is 0 Å². The van der Waals surface area contributed by atoms with E-state index in [4.69, 9.17) is 9.47 Å². The maximum atomic E-state index is 5.43. The molecule has 0 aliphatic carbocycles. The van der Waals surface area contributed by atoms with Crippen LogP contribution in [-0.4, -0.2) is 31.3 Å². The largest absolute Gasteiger partial charge is 0.491 e. The van der Waals surface area contributed by atoms with Crippen molar-refractivity contribution in [1.29, 1.82) is 0 Å². The van der Waals surface area contributed by atoms with Gasteiger partial charge >= 0.3 is 0 Å². The van der Waals surface area contributed by atoms with Crippen molar-refractivity contribution in [2.45, 2.75) is 12.5 Å². The molecule has 1 aromatic rings. The molecule has 15 heavy (non-hydrogen) atoms. The first kappa shape index (κ1) is 9.12. The summed E-state index contributed by atoms with van der Waals surface area (Å²) < 4.78 is 10.8. The Morgan fingerprint density at radius 1 is 1.40 bits per heavy atom. The van der Waals surface area contributed by atoms with E-state index < -0.39 is 0 Å². The van der Waals surface area contributed by atoms with Crippen molar-refractivity contribution in [2.75, 3.05) is 26.4 Å². The first-order chi connectivity index (χ1) is 7.43. The summed E-state index contributed by atoms with van der Waals surface area (Å²) in [4.78, 5) is 4.41. The van der Waals surface area contributed by atoms with Crippen LogP contribution in [0, 0.1) is 0 Å². The molecular weight excluding hydrogens is 192 g/mol. The van der Waals surface area contributed by atoms with Crippen molar-refractivity contribution in [1.82, 2.24) is 10.3 Å². The van der Waals surface area contributed by atoms with Gasteiger partial charge in [-0.1, -0.05) is 0 Å². The third-order valence-corrected chi connectivity index (χ3v) is 2.88. The molecule has 1 fully saturated rings. The molecule has 1 atom stereocenters. The highest BCUT2D eigenvalue weighted by Gasteiger charge is 2.19. The van der Waals surface area contributed by atoms with Gasteiger partial charge in [0.2, 0.25) is 0 Å². The molecule has 1 N–H and O–H groups in total. The Morgan fingerprint density at radius 2 is 2.40 bits per heavy atom. The van der Waals surface area contributed by atoms with E-state index in [0.29, 0.717) is 6.61 Å². The van der Waals surface area contributed by atoms with E-state index >= 15 is 0 Å². The minimum absolute atomic E-state index is 0.240. The van der Waals surface area contributed by atoms with Gasteiger partial charge in [0.15, 0.2) is 0 Å². The molecule has 0 aromatic carbocycles. The van der Waals surface area contributed by atoms with Crippen LogP contribution in [-0.2, 0) is 11.2 Å². The van der Waals surface area contributed by atoms with E-state index in [1.165, 1.54) is 5.56 Å². The monoisotopic (exact) mass is 206 g/mol. The number of morpholine rings is 1. The van der Waals surface area contributed by atoms with Gasteiger partial charge in [-0.25, -0.2) is 0 Å². The second-order valence-electron chi connectivity index (χ2n) is 3.90. The summed E-state index contributed by atoms with van der Waals surface area (Å²) in [5.74, 6) is 0.940. The average molecular weight is 206 g/mol. The number of pyridine rings is 1. The lowest BCUT2D eigenvalue weighted by Gasteiger charge is -2.23. The fraction of sp³-hybridized carbons (Fsp3) is 0.545. The molecule has 0 spiro atoms. The van der Waals surface area contributed by atoms with Crippen LogP contribution in [0.25, 0.3) is 0 Å². The topological polar surface area (TPSA) is 43.4 Å². The summed E-state index contributed by atoms with van der Waals surface area (Å²) in [6, 6.07) is 2.37. The summed E-state index contributed by atoms with van der Waals surface area (Å²) in [7, 11) is 0. The number of rotatable bonds is 1. The van der Waals surface area contributed by atoms with Crippen molar-refractivity contribution in [3.05, 3.63) is 23.5 Å². The zero-order valence-electron chi connectivity index (χ0n) is 8.53. The van der Waals surface area contributed by atoms with Crippen LogP contribution in [0.3, 0.4) is 0 Å². The van der Waals surface area contributed by atoms with Gasteiger partial charge in [0.25, 0.3) is 0 Å². The molecular formula is C11H14N2O2. The van der Waals surface area contributed by atoms with Gasteiger partial charge in [0, 0.05) is 18.5 Å². The van der Waals surface area contributed by atoms with Crippen LogP contribution in [0.15, 0.2) is 12.3 Å². The summed E-state index contributed by atoms with van der Waals surface area (Å²) in [5, 5.41) is 3.40. The van der Waals surface area contributed by atoms with Gasteiger partial charge in [0.05, 0.1) is 37.8 Å². The van der Waals surface area contributed by atoms with E-state index in [-0.39, 0.29) is 6.04 Å². The van der Waals surface area contributed by atoms with Gasteiger partial charge in [-0.3, -0.25) is 4.98 Å². The van der Waals surface area contributed by atoms with E-state index in [1.807, 2.05) is 6.20 Å². The van der Waals surface area contributed by atoms with Crippen molar-refractivity contribution < 1.29 is 9.47 Å². The van der Waals surface area contributed by atoms with Crippen molar-refractivity contribution in [2.24, 2.45) is 0 Å². The number of hydrogen-bond acceptors (Lipinski definition) is 4. The predicted octanol–water partition coefficient (Wildman–Crippen LogP) is 0.677. The normalized spacial score (nSPS) is 24.7. The van der Waals surface area contributed by atoms with E-state index in [0.717, 1.165) is 37.6 Å². The zero-order chi connectivity index (χ0) is 10.1. The van der Waals surface area contributed by atoms with Crippen LogP contribution in [0.4, 0.5) is 0 Å². The van der Waals surface area contributed by atoms with Gasteiger partial charge < -0.3 is 14.8 Å². The molecule has 0 radical (unpaired) electrons. The molecule has 0 saturated carbocycles. The molecule has 80 valence electrons. The van der Waals surface area contributed by atoms with E-state index in [2.05, 4.69) is 16.4 Å². The number of nitrogens with one attached hydrogen (secondary N) is 1. The van der Waals surface area contributed by atoms with Crippen LogP contribution < -0.4 is 10.1 Å². The molecule has 2 aliphatic heterocycles. The third kappa shape index (κ3) is 1.70. The number of fused-ring (bicyclic) bond motifs is 1. The lowest BCUT2D eigenvalue weighted by Crippen LogP contribution is -2.35. The Hall–Kier alpha value is -1.13. The predicted molar refractivity (Wildman–Crippen MR) is 55.0 cm³/mol. The number of aromatic nitrogens is 1. The first-order valence-electron chi connectivity index (χ1n) is 5.36. The standard InChI is InChI=1S/C11H14N2O2/c1-3-15-11-6-13-9(5-8(1)11)10-7-14-4-2-12-10/h5-6,10,12H,1-4,7H2. The minimum Gasteiger partial charge on any atom is -0.491 e. The van der Waals surface area contributed by atoms with Crippen LogP contribution in [0.5, 0.6) is 5.75 Å². The lowest BCUT2D eigenvalue weighted by atomic mass is 10.1. The zero-order valence-corrected chi connectivity index (χ0v) is 8.53. The highest BCUT2D eigenvalue weighted by atomic mass is 16.5. The summed E-state index contributed by atoms with van der Waals surface area (Å²) in [6.45, 7) is 3.20. The van der Waals surface area contributed by atoms with E-state index in [1.54, 1.807) is 0 Å². The average Bonchev–Trinajstić information content (AvgIpc) is 2.77. The molecule has 0 amide bonds. The van der Waals surface area contributed by atoms with Gasteiger partial charge in [0.1, 0.15) is 5.75 Å². The Kier molecular flexibility index (Phi) is 2.31. The fourth-order valence-corrected chi connectivity index (χ4v) is 2.05. The van der Waals surface area contributed by atoms with Crippen molar-refractivity contribution >= 4 is 0 Å².